The van der Waals surface area contributed by atoms with Crippen LogP contribution in [0, 0.1) is 19.0 Å². The monoisotopic (exact) mass is 2940 g/mol. The molecule has 1 nitrogen and oxygen atoms in total. The third-order valence-electron chi connectivity index (χ3n) is 2.28. The molecule has 0 aliphatic heterocycles. The van der Waals surface area contributed by atoms with Gasteiger partial charge in [0.25, 0.3) is 0 Å². The summed E-state index contributed by atoms with van der Waals surface area (Å²) in [5, 5.41) is 0. The fourth-order valence-corrected chi connectivity index (χ4v) is 1.88. The Bertz CT molecular complexity index is 370. The Kier molecular flexibility index (Phi) is 157. The first-order valence-electron chi connectivity index (χ1n) is 5.25. The summed E-state index contributed by atoms with van der Waals surface area (Å²) in [4.78, 5) is 0. The normalized spacial score (nSPS) is 5.82. The summed E-state index contributed by atoms with van der Waals surface area (Å²) in [5.41, 5.74) is 2.62. The van der Waals surface area contributed by atoms with E-state index in [0.717, 1.165) is 0 Å². The molecule has 0 aliphatic rings. The summed E-state index contributed by atoms with van der Waals surface area (Å²) in [6, 6.07) is 2.77. The van der Waals surface area contributed by atoms with E-state index in [-0.39, 0.29) is 253 Å². The van der Waals surface area contributed by atoms with Crippen molar-refractivity contribution in [3.8, 4) is 0 Å². The van der Waals surface area contributed by atoms with Gasteiger partial charge in [0.05, 0.1) is 0 Å². The quantitative estimate of drug-likeness (QED) is 0.412. The maximum atomic E-state index is 3.46. The molecule has 0 unspecified atom stereocenters. The zero-order valence-electron chi connectivity index (χ0n) is 15.3. The number of aryl methyl sites for hydroxylation is 1. The Morgan fingerprint density at radius 3 is 1.21 bits per heavy atom. The average Bonchev–Trinajstić information content (AvgIpc) is 2.62. The average molecular weight is 2930 g/mol. The van der Waals surface area contributed by atoms with Gasteiger partial charge in [-0.05, 0) is 0 Å². The topological polar surface area (TPSA) is 4.93 Å². The van der Waals surface area contributed by atoms with Gasteiger partial charge >= 0.3 is 130 Å². The second-order valence-electron chi connectivity index (χ2n) is 4.29. The van der Waals surface area contributed by atoms with Crippen LogP contribution in [0.25, 0.3) is 0 Å². The summed E-state index contributed by atoms with van der Waals surface area (Å²) in [6.45, 7) is 11.1. The van der Waals surface area contributed by atoms with Crippen molar-refractivity contribution in [2.75, 3.05) is 0 Å². The van der Waals surface area contributed by atoms with E-state index in [1.54, 1.807) is 51.8 Å². The molecule has 28 heavy (non-hydrogen) atoms. The molecule has 0 aliphatic carbocycles. The van der Waals surface area contributed by atoms with Crippen LogP contribution in [0.4, 0.5) is 0 Å². The van der Waals surface area contributed by atoms with Crippen molar-refractivity contribution < 1.29 is 305 Å². The first-order valence-corrected chi connectivity index (χ1v) is 17.7. The fraction of sp³-hybridized carbons (Fsp3) is 0.583. The minimum absolute atomic E-state index is 0. The first-order chi connectivity index (χ1) is 7.43. The van der Waals surface area contributed by atoms with E-state index in [9.17, 15) is 0 Å². The second-order valence-corrected chi connectivity index (χ2v) is 5.87. The molecule has 0 amide bonds. The van der Waals surface area contributed by atoms with Crippen molar-refractivity contribution in [3.63, 3.8) is 0 Å². The summed E-state index contributed by atoms with van der Waals surface area (Å²) in [5.74, 6) is 0.642. The minimum atomic E-state index is 0. The Balaban J connectivity index is -0.0000000142. The zero-order valence-corrected chi connectivity index (χ0v) is 59.3. The molecule has 162 valence electrons. The SMILES string of the molecule is Cc1cc([C](=[W])C(C)C)[c-]n1C(C)C.[W].[W].[W].[W].[W].[W].[W].[W].[W].[W].[W].[W].[W]=[W]. The van der Waals surface area contributed by atoms with E-state index < -0.39 is 0 Å². The van der Waals surface area contributed by atoms with Crippen LogP contribution in [-0.2, 0) is 305 Å². The van der Waals surface area contributed by atoms with Gasteiger partial charge in [-0.15, -0.1) is 0 Å². The van der Waals surface area contributed by atoms with Crippen molar-refractivity contribution in [3.05, 3.63) is 23.5 Å². The molecule has 0 aromatic carbocycles. The molecule has 1 rings (SSSR count). The molecule has 0 spiro atoms. The van der Waals surface area contributed by atoms with Gasteiger partial charge in [-0.2, -0.15) is 0 Å². The van der Waals surface area contributed by atoms with E-state index in [1.165, 1.54) is 15.2 Å². The van der Waals surface area contributed by atoms with Crippen molar-refractivity contribution in [1.82, 2.24) is 4.57 Å². The van der Waals surface area contributed by atoms with Crippen molar-refractivity contribution >= 4 is 3.90 Å². The van der Waals surface area contributed by atoms with Crippen molar-refractivity contribution in [2.24, 2.45) is 5.92 Å². The van der Waals surface area contributed by atoms with Crippen molar-refractivity contribution in [2.45, 2.75) is 40.7 Å². The number of rotatable bonds is 3. The Labute approximate surface area is 374 Å². The van der Waals surface area contributed by atoms with E-state index >= 15 is 0 Å². The van der Waals surface area contributed by atoms with Crippen LogP contribution in [-0.4, -0.2) is 8.47 Å². The molecule has 0 atom stereocenters. The molecule has 1 aromatic heterocycles. The van der Waals surface area contributed by atoms with Crippen LogP contribution in [0.3, 0.4) is 0 Å². The molecule has 0 bridgehead atoms. The summed E-state index contributed by atoms with van der Waals surface area (Å²) < 4.78 is 3.73. The molecular weight excluding hydrogens is 2920 g/mol. The summed E-state index contributed by atoms with van der Waals surface area (Å²) >= 11 is 4.90. The summed E-state index contributed by atoms with van der Waals surface area (Å²) in [6.07, 6.45) is 3.46. The molecule has 0 fully saturated rings. The molecule has 1 heterocycles. The van der Waals surface area contributed by atoms with Gasteiger partial charge in [0.1, 0.15) is 0 Å². The maximum absolute atomic E-state index is 3.46. The third kappa shape index (κ3) is 37.6. The Hall–Kier alpha value is 9.47. The number of aromatic nitrogens is 1. The molecule has 16 heteroatoms. The van der Waals surface area contributed by atoms with E-state index in [4.69, 9.17) is 0 Å². The van der Waals surface area contributed by atoms with Gasteiger partial charge in [0.15, 0.2) is 0 Å². The van der Waals surface area contributed by atoms with Gasteiger partial charge in [0.2, 0.25) is 0 Å². The van der Waals surface area contributed by atoms with Crippen molar-refractivity contribution in [1.29, 1.82) is 0 Å². The Morgan fingerprint density at radius 2 is 1.04 bits per heavy atom. The molecule has 0 N–H and O–H groups in total. The van der Waals surface area contributed by atoms with Crippen LogP contribution in [0.5, 0.6) is 0 Å². The predicted octanol–water partition coefficient (Wildman–Crippen LogP) is 2.87. The van der Waals surface area contributed by atoms with Crippen LogP contribution >= 0.6 is 0 Å². The van der Waals surface area contributed by atoms with Crippen LogP contribution in [0.2, 0.25) is 0 Å². The van der Waals surface area contributed by atoms with Gasteiger partial charge in [-0.1, -0.05) is 0 Å². The van der Waals surface area contributed by atoms with Gasteiger partial charge < -0.3 is 0 Å². The van der Waals surface area contributed by atoms with Crippen LogP contribution in [0.1, 0.15) is 45.0 Å². The summed E-state index contributed by atoms with van der Waals surface area (Å²) in [7, 11) is 0. The number of hydrogen-bond donors (Lipinski definition) is 0. The first kappa shape index (κ1) is 83.2. The predicted molar refractivity (Wildman–Crippen MR) is 57.3 cm³/mol. The zero-order chi connectivity index (χ0) is 12.9. The third-order valence-corrected chi connectivity index (χ3v) is 4.76. The molecule has 1 aromatic rings. The van der Waals surface area contributed by atoms with Gasteiger partial charge in [-0.25, -0.2) is 0 Å². The number of hydrogen-bond acceptors (Lipinski definition) is 0. The molecule has 0 radical (unpaired) electrons. The van der Waals surface area contributed by atoms with Gasteiger partial charge in [0, 0.05) is 253 Å². The molecule has 0 saturated heterocycles. The standard InChI is InChI=1S/C12H18N.15W/c1-9(2)6-12-7-11(5)13(8-12)10(3)4;;;;;;;;;;;;;;;/h7,9-10H,1-5H3;;;;;;;;;;;;;;;/q-1;;;;;;;;;;;;;;;. The van der Waals surface area contributed by atoms with E-state index in [1.807, 2.05) is 0 Å². The fourth-order valence-electron chi connectivity index (χ4n) is 1.50. The second kappa shape index (κ2) is 52.8. The van der Waals surface area contributed by atoms with Gasteiger partial charge in [-0.3, -0.25) is 0 Å². The van der Waals surface area contributed by atoms with Crippen LogP contribution < -0.4 is 0 Å². The molecular formula is C12H18NW15-. The van der Waals surface area contributed by atoms with E-state index in [2.05, 4.69) is 51.4 Å². The molecule has 0 saturated carbocycles. The Morgan fingerprint density at radius 1 is 0.750 bits per heavy atom. The van der Waals surface area contributed by atoms with E-state index in [0.29, 0.717) is 12.0 Å². The number of nitrogens with zero attached hydrogens (tertiary/aromatic N) is 1. The van der Waals surface area contributed by atoms with Crippen LogP contribution in [0.15, 0.2) is 6.07 Å².